The van der Waals surface area contributed by atoms with E-state index in [1.54, 1.807) is 17.7 Å². The Morgan fingerprint density at radius 2 is 2.45 bits per heavy atom. The zero-order valence-electron chi connectivity index (χ0n) is 5.82. The molecular formula is C7H5BN2S. The second-order valence-electron chi connectivity index (χ2n) is 2.20. The molecule has 2 rings (SSSR count). The Labute approximate surface area is 69.7 Å². The summed E-state index contributed by atoms with van der Waals surface area (Å²) in [7, 11) is 5.51. The summed E-state index contributed by atoms with van der Waals surface area (Å²) in [5.41, 5.74) is 2.10. The van der Waals surface area contributed by atoms with E-state index in [0.29, 0.717) is 6.32 Å². The second kappa shape index (κ2) is 2.62. The Hall–Kier alpha value is -0.895. The van der Waals surface area contributed by atoms with Gasteiger partial charge in [-0.15, -0.1) is 11.3 Å². The van der Waals surface area contributed by atoms with E-state index >= 15 is 0 Å². The van der Waals surface area contributed by atoms with E-state index in [0.717, 1.165) is 15.8 Å². The van der Waals surface area contributed by atoms with Crippen LogP contribution < -0.4 is 0 Å². The van der Waals surface area contributed by atoms with Crippen molar-refractivity contribution < 1.29 is 0 Å². The van der Waals surface area contributed by atoms with Gasteiger partial charge < -0.3 is 0 Å². The van der Waals surface area contributed by atoms with Gasteiger partial charge in [0.2, 0.25) is 0 Å². The van der Waals surface area contributed by atoms with Crippen molar-refractivity contribution in [1.29, 1.82) is 0 Å². The largest absolute Gasteiger partial charge is 0.243 e. The van der Waals surface area contributed by atoms with Crippen molar-refractivity contribution in [1.82, 2.24) is 9.97 Å². The SMILES string of the molecule is [B]Cc1csc2cncnc12. The van der Waals surface area contributed by atoms with Crippen LogP contribution >= 0.6 is 11.3 Å². The molecule has 0 saturated carbocycles. The van der Waals surface area contributed by atoms with Gasteiger partial charge in [0.15, 0.2) is 0 Å². The Bertz CT molecular complexity index is 371. The first-order chi connectivity index (χ1) is 5.42. The molecule has 0 amide bonds. The van der Waals surface area contributed by atoms with Crippen molar-refractivity contribution in [3.63, 3.8) is 0 Å². The molecule has 2 radical (unpaired) electrons. The fourth-order valence-electron chi connectivity index (χ4n) is 0.979. The van der Waals surface area contributed by atoms with Gasteiger partial charge in [-0.3, -0.25) is 0 Å². The average Bonchev–Trinajstić information content (AvgIpc) is 2.47. The summed E-state index contributed by atoms with van der Waals surface area (Å²) in [6.07, 6.45) is 3.91. The Balaban J connectivity index is 2.76. The molecule has 0 fully saturated rings. The van der Waals surface area contributed by atoms with Gasteiger partial charge >= 0.3 is 0 Å². The molecule has 11 heavy (non-hydrogen) atoms. The first-order valence-electron chi connectivity index (χ1n) is 3.28. The van der Waals surface area contributed by atoms with Crippen LogP contribution in [0, 0.1) is 0 Å². The third-order valence-corrected chi connectivity index (χ3v) is 2.49. The van der Waals surface area contributed by atoms with Crippen molar-refractivity contribution >= 4 is 29.4 Å². The van der Waals surface area contributed by atoms with Crippen LogP contribution in [0.3, 0.4) is 0 Å². The lowest BCUT2D eigenvalue weighted by atomic mass is 9.99. The van der Waals surface area contributed by atoms with Crippen molar-refractivity contribution in [3.05, 3.63) is 23.5 Å². The third kappa shape index (κ3) is 1.03. The smallest absolute Gasteiger partial charge is 0.116 e. The number of hydrogen-bond acceptors (Lipinski definition) is 3. The zero-order valence-corrected chi connectivity index (χ0v) is 6.64. The highest BCUT2D eigenvalue weighted by molar-refractivity contribution is 7.17. The molecule has 2 nitrogen and oxygen atoms in total. The van der Waals surface area contributed by atoms with E-state index in [1.807, 2.05) is 11.6 Å². The van der Waals surface area contributed by atoms with Crippen LogP contribution in [0.1, 0.15) is 5.56 Å². The summed E-state index contributed by atoms with van der Waals surface area (Å²) in [6, 6.07) is 0. The van der Waals surface area contributed by atoms with E-state index < -0.39 is 0 Å². The minimum Gasteiger partial charge on any atom is -0.243 e. The highest BCUT2D eigenvalue weighted by Crippen LogP contribution is 2.22. The Morgan fingerprint density at radius 1 is 1.55 bits per heavy atom. The monoisotopic (exact) mass is 160 g/mol. The summed E-state index contributed by atoms with van der Waals surface area (Å²) in [6.45, 7) is 0. The van der Waals surface area contributed by atoms with Crippen molar-refractivity contribution in [2.75, 3.05) is 0 Å². The Morgan fingerprint density at radius 3 is 3.27 bits per heavy atom. The lowest BCUT2D eigenvalue weighted by molar-refractivity contribution is 1.22. The minimum atomic E-state index is 0.553. The fraction of sp³-hybridized carbons (Fsp3) is 0.143. The van der Waals surface area contributed by atoms with Gasteiger partial charge in [0.05, 0.1) is 18.1 Å². The van der Waals surface area contributed by atoms with E-state index in [1.165, 1.54) is 0 Å². The predicted molar refractivity (Wildman–Crippen MR) is 46.9 cm³/mol. The molecular weight excluding hydrogens is 155 g/mol. The summed E-state index contributed by atoms with van der Waals surface area (Å²) in [5.74, 6) is 0. The summed E-state index contributed by atoms with van der Waals surface area (Å²) in [4.78, 5) is 8.05. The van der Waals surface area contributed by atoms with Gasteiger partial charge in [-0.05, 0) is 10.9 Å². The summed E-state index contributed by atoms with van der Waals surface area (Å²) >= 11 is 1.63. The maximum absolute atomic E-state index is 5.51. The van der Waals surface area contributed by atoms with E-state index in [2.05, 4.69) is 9.97 Å². The molecule has 2 aromatic heterocycles. The average molecular weight is 160 g/mol. The minimum absolute atomic E-state index is 0.553. The van der Waals surface area contributed by atoms with Gasteiger partial charge in [0, 0.05) is 6.20 Å². The van der Waals surface area contributed by atoms with E-state index in [-0.39, 0.29) is 0 Å². The molecule has 0 aliphatic heterocycles. The molecule has 0 N–H and O–H groups in total. The zero-order chi connectivity index (χ0) is 7.68. The van der Waals surface area contributed by atoms with Crippen LogP contribution in [0.4, 0.5) is 0 Å². The van der Waals surface area contributed by atoms with Crippen LogP contribution in [0.15, 0.2) is 17.9 Å². The standard InChI is InChI=1S/C7H5BN2S/c8-1-5-3-11-6-2-9-4-10-7(5)6/h2-4H,1H2. The highest BCUT2D eigenvalue weighted by atomic mass is 32.1. The molecule has 0 bridgehead atoms. The van der Waals surface area contributed by atoms with Crippen LogP contribution in [-0.2, 0) is 6.32 Å². The molecule has 0 aliphatic rings. The first-order valence-corrected chi connectivity index (χ1v) is 4.16. The molecule has 4 heteroatoms. The van der Waals surface area contributed by atoms with Crippen molar-refractivity contribution in [2.45, 2.75) is 6.32 Å². The molecule has 0 atom stereocenters. The highest BCUT2D eigenvalue weighted by Gasteiger charge is 2.01. The fourth-order valence-corrected chi connectivity index (χ4v) is 1.87. The van der Waals surface area contributed by atoms with Crippen molar-refractivity contribution in [3.8, 4) is 0 Å². The van der Waals surface area contributed by atoms with Gasteiger partial charge in [-0.1, -0.05) is 6.32 Å². The topological polar surface area (TPSA) is 25.8 Å². The van der Waals surface area contributed by atoms with Crippen molar-refractivity contribution in [2.24, 2.45) is 0 Å². The molecule has 0 spiro atoms. The van der Waals surface area contributed by atoms with E-state index in [9.17, 15) is 0 Å². The van der Waals surface area contributed by atoms with Gasteiger partial charge in [-0.2, -0.15) is 0 Å². The molecule has 52 valence electrons. The van der Waals surface area contributed by atoms with Gasteiger partial charge in [-0.25, -0.2) is 9.97 Å². The molecule has 0 aromatic carbocycles. The van der Waals surface area contributed by atoms with Crippen LogP contribution in [0.2, 0.25) is 0 Å². The second-order valence-corrected chi connectivity index (χ2v) is 3.11. The normalized spacial score (nSPS) is 10.5. The van der Waals surface area contributed by atoms with Gasteiger partial charge in [0.1, 0.15) is 6.33 Å². The number of fused-ring (bicyclic) bond motifs is 1. The maximum atomic E-state index is 5.51. The molecule has 2 heterocycles. The number of hydrogen-bond donors (Lipinski definition) is 0. The number of nitrogens with zero attached hydrogens (tertiary/aromatic N) is 2. The Kier molecular flexibility index (Phi) is 1.62. The molecule has 0 aliphatic carbocycles. The number of thiophene rings is 1. The van der Waals surface area contributed by atoms with Crippen LogP contribution in [0.5, 0.6) is 0 Å². The molecule has 0 saturated heterocycles. The number of rotatable bonds is 1. The summed E-state index contributed by atoms with van der Waals surface area (Å²) in [5, 5.41) is 2.03. The quantitative estimate of drug-likeness (QED) is 0.588. The van der Waals surface area contributed by atoms with Gasteiger partial charge in [0.25, 0.3) is 0 Å². The molecule has 0 unspecified atom stereocenters. The van der Waals surface area contributed by atoms with Crippen LogP contribution in [0.25, 0.3) is 10.2 Å². The molecule has 2 aromatic rings. The van der Waals surface area contributed by atoms with Crippen LogP contribution in [-0.4, -0.2) is 17.8 Å². The first kappa shape index (κ1) is 6.79. The lowest BCUT2D eigenvalue weighted by Gasteiger charge is -1.89. The van der Waals surface area contributed by atoms with E-state index in [4.69, 9.17) is 7.85 Å². The summed E-state index contributed by atoms with van der Waals surface area (Å²) < 4.78 is 1.10. The number of aromatic nitrogens is 2. The maximum Gasteiger partial charge on any atom is 0.116 e. The third-order valence-electron chi connectivity index (χ3n) is 1.53. The lowest BCUT2D eigenvalue weighted by Crippen LogP contribution is -1.83. The predicted octanol–water partition coefficient (Wildman–Crippen LogP) is 1.36.